The third-order valence-electron chi connectivity index (χ3n) is 2.72. The average Bonchev–Trinajstić information content (AvgIpc) is 2.36. The Kier molecular flexibility index (Phi) is 6.33. The van der Waals surface area contributed by atoms with Crippen LogP contribution in [0.5, 0.6) is 0 Å². The average molecular weight is 235 g/mol. The lowest BCUT2D eigenvalue weighted by atomic mass is 10.0. The van der Waals surface area contributed by atoms with Crippen molar-refractivity contribution in [2.45, 2.75) is 32.2 Å². The smallest absolute Gasteiger partial charge is 0.323 e. The molecular formula is C14H21NO2. The summed E-state index contributed by atoms with van der Waals surface area (Å²) in [5, 5.41) is 3.00. The van der Waals surface area contributed by atoms with Crippen LogP contribution in [0.4, 0.5) is 0 Å². The highest BCUT2D eigenvalue weighted by atomic mass is 16.5. The van der Waals surface area contributed by atoms with Crippen LogP contribution in [-0.4, -0.2) is 25.7 Å². The van der Waals surface area contributed by atoms with Crippen LogP contribution in [0.1, 0.15) is 25.3 Å². The second-order valence-corrected chi connectivity index (χ2v) is 3.97. The number of esters is 1. The number of carbonyl (C=O) groups is 1. The van der Waals surface area contributed by atoms with E-state index in [4.69, 9.17) is 4.74 Å². The first kappa shape index (κ1) is 13.7. The van der Waals surface area contributed by atoms with Gasteiger partial charge in [0.1, 0.15) is 6.04 Å². The highest BCUT2D eigenvalue weighted by Crippen LogP contribution is 2.07. The normalized spacial score (nSPS) is 12.1. The number of ether oxygens (including phenoxy) is 1. The quantitative estimate of drug-likeness (QED) is 0.736. The number of benzene rings is 1. The van der Waals surface area contributed by atoms with Crippen molar-refractivity contribution in [1.29, 1.82) is 0 Å². The van der Waals surface area contributed by atoms with Crippen LogP contribution < -0.4 is 5.32 Å². The van der Waals surface area contributed by atoms with Gasteiger partial charge in [0.2, 0.25) is 0 Å². The molecule has 0 saturated heterocycles. The first-order valence-corrected chi connectivity index (χ1v) is 6.15. The molecule has 1 N–H and O–H groups in total. The molecule has 3 heteroatoms. The molecular weight excluding hydrogens is 214 g/mol. The van der Waals surface area contributed by atoms with Crippen molar-refractivity contribution in [1.82, 2.24) is 5.32 Å². The van der Waals surface area contributed by atoms with Crippen LogP contribution >= 0.6 is 0 Å². The fourth-order valence-corrected chi connectivity index (χ4v) is 1.78. The van der Waals surface area contributed by atoms with E-state index in [1.807, 2.05) is 25.1 Å². The Morgan fingerprint density at radius 1 is 1.35 bits per heavy atom. The van der Waals surface area contributed by atoms with E-state index in [0.717, 1.165) is 19.3 Å². The van der Waals surface area contributed by atoms with E-state index in [1.54, 1.807) is 7.05 Å². The maximum atomic E-state index is 11.5. The van der Waals surface area contributed by atoms with E-state index in [2.05, 4.69) is 17.4 Å². The van der Waals surface area contributed by atoms with Crippen LogP contribution in [0, 0.1) is 0 Å². The maximum absolute atomic E-state index is 11.5. The molecule has 0 radical (unpaired) electrons. The highest BCUT2D eigenvalue weighted by Gasteiger charge is 2.16. The molecule has 0 saturated carbocycles. The zero-order chi connectivity index (χ0) is 12.5. The van der Waals surface area contributed by atoms with Crippen molar-refractivity contribution in [2.24, 2.45) is 0 Å². The molecule has 0 bridgehead atoms. The van der Waals surface area contributed by atoms with Gasteiger partial charge >= 0.3 is 5.97 Å². The summed E-state index contributed by atoms with van der Waals surface area (Å²) in [4.78, 5) is 11.5. The monoisotopic (exact) mass is 235 g/mol. The van der Waals surface area contributed by atoms with Crippen LogP contribution in [0.25, 0.3) is 0 Å². The molecule has 0 aliphatic carbocycles. The molecule has 17 heavy (non-hydrogen) atoms. The van der Waals surface area contributed by atoms with Gasteiger partial charge in [0.05, 0.1) is 6.61 Å². The van der Waals surface area contributed by atoms with Gasteiger partial charge in [-0.25, -0.2) is 0 Å². The second kappa shape index (κ2) is 7.85. The third-order valence-corrected chi connectivity index (χ3v) is 2.72. The van der Waals surface area contributed by atoms with Gasteiger partial charge in [-0.15, -0.1) is 0 Å². The minimum Gasteiger partial charge on any atom is -0.465 e. The van der Waals surface area contributed by atoms with E-state index in [0.29, 0.717) is 6.61 Å². The van der Waals surface area contributed by atoms with Crippen molar-refractivity contribution in [2.75, 3.05) is 13.7 Å². The molecule has 0 aromatic heterocycles. The summed E-state index contributed by atoms with van der Waals surface area (Å²) in [6, 6.07) is 10.1. The SMILES string of the molecule is CCOC(=O)[C@@H](CCCc1ccccc1)NC. The number of hydrogen-bond donors (Lipinski definition) is 1. The Morgan fingerprint density at radius 3 is 2.65 bits per heavy atom. The molecule has 0 fully saturated rings. The minimum absolute atomic E-state index is 0.150. The molecule has 0 heterocycles. The topological polar surface area (TPSA) is 38.3 Å². The summed E-state index contributed by atoms with van der Waals surface area (Å²) in [5.74, 6) is -0.150. The van der Waals surface area contributed by atoms with E-state index in [1.165, 1.54) is 5.56 Å². The number of likely N-dealkylation sites (N-methyl/N-ethyl adjacent to an activating group) is 1. The van der Waals surface area contributed by atoms with Crippen LogP contribution in [0.3, 0.4) is 0 Å². The zero-order valence-corrected chi connectivity index (χ0v) is 10.6. The van der Waals surface area contributed by atoms with Crippen molar-refractivity contribution < 1.29 is 9.53 Å². The molecule has 1 atom stereocenters. The lowest BCUT2D eigenvalue weighted by Crippen LogP contribution is -2.35. The predicted molar refractivity (Wildman–Crippen MR) is 68.9 cm³/mol. The second-order valence-electron chi connectivity index (χ2n) is 3.97. The molecule has 1 rings (SSSR count). The zero-order valence-electron chi connectivity index (χ0n) is 10.6. The molecule has 0 amide bonds. The lowest BCUT2D eigenvalue weighted by molar-refractivity contribution is -0.145. The highest BCUT2D eigenvalue weighted by molar-refractivity contribution is 5.75. The number of hydrogen-bond acceptors (Lipinski definition) is 3. The predicted octanol–water partition coefficient (Wildman–Crippen LogP) is 2.16. The Morgan fingerprint density at radius 2 is 2.06 bits per heavy atom. The summed E-state index contributed by atoms with van der Waals surface area (Å²) in [7, 11) is 1.80. The van der Waals surface area contributed by atoms with Crippen LogP contribution in [0.15, 0.2) is 30.3 Å². The van der Waals surface area contributed by atoms with Gasteiger partial charge in [-0.3, -0.25) is 4.79 Å². The van der Waals surface area contributed by atoms with Gasteiger partial charge in [0.15, 0.2) is 0 Å². The maximum Gasteiger partial charge on any atom is 0.323 e. The van der Waals surface area contributed by atoms with Crippen molar-refractivity contribution in [3.05, 3.63) is 35.9 Å². The summed E-state index contributed by atoms with van der Waals surface area (Å²) < 4.78 is 5.00. The van der Waals surface area contributed by atoms with Crippen molar-refractivity contribution in [3.63, 3.8) is 0 Å². The summed E-state index contributed by atoms with van der Waals surface area (Å²) in [6.45, 7) is 2.27. The minimum atomic E-state index is -0.182. The molecule has 3 nitrogen and oxygen atoms in total. The van der Waals surface area contributed by atoms with Gasteiger partial charge in [-0.05, 0) is 38.8 Å². The Hall–Kier alpha value is -1.35. The van der Waals surface area contributed by atoms with Gasteiger partial charge in [0, 0.05) is 0 Å². The van der Waals surface area contributed by atoms with E-state index in [-0.39, 0.29) is 12.0 Å². The van der Waals surface area contributed by atoms with Gasteiger partial charge in [0.25, 0.3) is 0 Å². The lowest BCUT2D eigenvalue weighted by Gasteiger charge is -2.14. The van der Waals surface area contributed by atoms with Crippen LogP contribution in [-0.2, 0) is 16.0 Å². The van der Waals surface area contributed by atoms with E-state index < -0.39 is 0 Å². The van der Waals surface area contributed by atoms with Crippen molar-refractivity contribution in [3.8, 4) is 0 Å². The first-order chi connectivity index (χ1) is 8.27. The number of rotatable bonds is 7. The fraction of sp³-hybridized carbons (Fsp3) is 0.500. The molecule has 0 spiro atoms. The Balaban J connectivity index is 2.31. The van der Waals surface area contributed by atoms with Crippen LogP contribution in [0.2, 0.25) is 0 Å². The third kappa shape index (κ3) is 5.00. The fourth-order valence-electron chi connectivity index (χ4n) is 1.78. The standard InChI is InChI=1S/C14H21NO2/c1-3-17-14(16)13(15-2)11-7-10-12-8-5-4-6-9-12/h4-6,8-9,13,15H,3,7,10-11H2,1-2H3/t13-/m1/s1. The number of aryl methyl sites for hydroxylation is 1. The van der Waals surface area contributed by atoms with Gasteiger partial charge in [-0.2, -0.15) is 0 Å². The molecule has 1 aromatic rings. The summed E-state index contributed by atoms with van der Waals surface area (Å²) >= 11 is 0. The molecule has 1 aromatic carbocycles. The van der Waals surface area contributed by atoms with E-state index in [9.17, 15) is 4.79 Å². The largest absolute Gasteiger partial charge is 0.465 e. The van der Waals surface area contributed by atoms with Gasteiger partial charge < -0.3 is 10.1 Å². The van der Waals surface area contributed by atoms with Gasteiger partial charge in [-0.1, -0.05) is 30.3 Å². The summed E-state index contributed by atoms with van der Waals surface area (Å²) in [6.07, 6.45) is 2.79. The number of nitrogens with one attached hydrogen (secondary N) is 1. The Bertz CT molecular complexity index is 324. The molecule has 0 aliphatic rings. The molecule has 94 valence electrons. The van der Waals surface area contributed by atoms with Crippen molar-refractivity contribution >= 4 is 5.97 Å². The molecule has 0 aliphatic heterocycles. The number of carbonyl (C=O) groups excluding carboxylic acids is 1. The van der Waals surface area contributed by atoms with E-state index >= 15 is 0 Å². The molecule has 0 unspecified atom stereocenters. The summed E-state index contributed by atoms with van der Waals surface area (Å²) in [5.41, 5.74) is 1.31. The Labute approximate surface area is 103 Å². The first-order valence-electron chi connectivity index (χ1n) is 6.15.